The van der Waals surface area contributed by atoms with Gasteiger partial charge in [-0.15, -0.1) is 0 Å². The van der Waals surface area contributed by atoms with E-state index in [1.165, 1.54) is 6.92 Å². The molecule has 0 saturated heterocycles. The van der Waals surface area contributed by atoms with Gasteiger partial charge in [0.1, 0.15) is 12.1 Å². The van der Waals surface area contributed by atoms with Gasteiger partial charge in [0, 0.05) is 12.1 Å². The van der Waals surface area contributed by atoms with E-state index >= 15 is 0 Å². The summed E-state index contributed by atoms with van der Waals surface area (Å²) >= 11 is 0. The Morgan fingerprint density at radius 3 is 2.56 bits per heavy atom. The Bertz CT molecular complexity index is 149. The van der Waals surface area contributed by atoms with Crippen LogP contribution in [0.2, 0.25) is 0 Å². The van der Waals surface area contributed by atoms with Crippen LogP contribution >= 0.6 is 0 Å². The first-order chi connectivity index (χ1) is 4.16. The lowest BCUT2D eigenvalue weighted by atomic mass is 10.2. The Labute approximate surface area is 54.3 Å². The summed E-state index contributed by atoms with van der Waals surface area (Å²) in [7, 11) is 0. The van der Waals surface area contributed by atoms with Crippen LogP contribution in [0.25, 0.3) is 0 Å². The summed E-state index contributed by atoms with van der Waals surface area (Å²) < 4.78 is 0. The highest BCUT2D eigenvalue weighted by Gasteiger charge is 1.93. The normalized spacial score (nSPS) is 11.1. The fraction of sp³-hybridized carbons (Fsp3) is 0.500. The molecule has 0 heterocycles. The first-order valence-corrected chi connectivity index (χ1v) is 2.68. The topological polar surface area (TPSA) is 53.3 Å². The Kier molecular flexibility index (Phi) is 3.51. The van der Waals surface area contributed by atoms with Crippen LogP contribution in [0.1, 0.15) is 20.3 Å². The molecule has 0 atom stereocenters. The van der Waals surface area contributed by atoms with E-state index in [0.717, 1.165) is 6.34 Å². The highest BCUT2D eigenvalue weighted by Crippen LogP contribution is 1.85. The third-order valence-electron chi connectivity index (χ3n) is 0.790. The zero-order valence-electron chi connectivity index (χ0n) is 5.64. The van der Waals surface area contributed by atoms with Gasteiger partial charge in [0.2, 0.25) is 0 Å². The molecule has 0 saturated carbocycles. The molecule has 0 aliphatic carbocycles. The quantitative estimate of drug-likeness (QED) is 0.445. The summed E-state index contributed by atoms with van der Waals surface area (Å²) in [4.78, 5) is 14.0. The van der Waals surface area contributed by atoms with Crippen molar-refractivity contribution in [1.29, 1.82) is 5.41 Å². The lowest BCUT2D eigenvalue weighted by Crippen LogP contribution is -1.99. The van der Waals surface area contributed by atoms with Crippen molar-refractivity contribution in [3.8, 4) is 0 Å². The molecule has 0 aromatic heterocycles. The van der Waals surface area contributed by atoms with Crippen molar-refractivity contribution in [2.45, 2.75) is 20.3 Å². The van der Waals surface area contributed by atoms with Crippen LogP contribution in [0, 0.1) is 5.41 Å². The summed E-state index contributed by atoms with van der Waals surface area (Å²) in [5.74, 6) is 0.0816. The molecule has 0 aromatic carbocycles. The first-order valence-electron chi connectivity index (χ1n) is 2.68. The minimum atomic E-state index is 0.0816. The number of hydrogen-bond acceptors (Lipinski definition) is 2. The molecule has 0 spiro atoms. The second-order valence-electron chi connectivity index (χ2n) is 1.87. The van der Waals surface area contributed by atoms with E-state index in [4.69, 9.17) is 5.41 Å². The Morgan fingerprint density at radius 2 is 2.22 bits per heavy atom. The zero-order chi connectivity index (χ0) is 7.28. The minimum Gasteiger partial charge on any atom is -0.300 e. The number of carbonyl (C=O) groups excluding carboxylic acids is 1. The van der Waals surface area contributed by atoms with Crippen LogP contribution in [-0.2, 0) is 4.79 Å². The second kappa shape index (κ2) is 3.95. The lowest BCUT2D eigenvalue weighted by Gasteiger charge is -1.89. The van der Waals surface area contributed by atoms with Crippen molar-refractivity contribution in [1.82, 2.24) is 0 Å². The Morgan fingerprint density at radius 1 is 1.67 bits per heavy atom. The molecule has 0 aromatic rings. The number of nitrogens with one attached hydrogen (secondary N) is 1. The number of aliphatic imine (C=N–C) groups is 1. The molecule has 0 fully saturated rings. The number of hydrogen-bond donors (Lipinski definition) is 1. The van der Waals surface area contributed by atoms with Crippen LogP contribution in [0.15, 0.2) is 4.99 Å². The Balaban J connectivity index is 3.75. The molecule has 0 aliphatic rings. The molecule has 0 radical (unpaired) electrons. The van der Waals surface area contributed by atoms with E-state index in [1.807, 2.05) is 0 Å². The number of rotatable bonds is 3. The van der Waals surface area contributed by atoms with Crippen LogP contribution in [0.5, 0.6) is 0 Å². The molecule has 0 unspecified atom stereocenters. The molecule has 1 N–H and O–H groups in total. The molecule has 50 valence electrons. The second-order valence-corrected chi connectivity index (χ2v) is 1.87. The van der Waals surface area contributed by atoms with Gasteiger partial charge in [-0.2, -0.15) is 0 Å². The predicted octanol–water partition coefficient (Wildman–Crippen LogP) is 1.03. The van der Waals surface area contributed by atoms with E-state index in [0.29, 0.717) is 12.1 Å². The molecule has 0 bridgehead atoms. The maximum absolute atomic E-state index is 10.4. The van der Waals surface area contributed by atoms with Crippen LogP contribution in [-0.4, -0.2) is 17.8 Å². The highest BCUT2D eigenvalue weighted by atomic mass is 16.1. The molecular weight excluding hydrogens is 116 g/mol. The van der Waals surface area contributed by atoms with Crippen LogP contribution in [0.4, 0.5) is 0 Å². The van der Waals surface area contributed by atoms with E-state index in [9.17, 15) is 4.79 Å². The zero-order valence-corrected chi connectivity index (χ0v) is 5.64. The number of carbonyl (C=O) groups is 1. The summed E-state index contributed by atoms with van der Waals surface area (Å²) in [6, 6.07) is 0. The van der Waals surface area contributed by atoms with Crippen molar-refractivity contribution in [3.63, 3.8) is 0 Å². The predicted molar refractivity (Wildman–Crippen MR) is 37.2 cm³/mol. The average molecular weight is 126 g/mol. The van der Waals surface area contributed by atoms with Crippen molar-refractivity contribution in [2.75, 3.05) is 0 Å². The summed E-state index contributed by atoms with van der Waals surface area (Å²) in [6.45, 7) is 3.23. The molecule has 3 nitrogen and oxygen atoms in total. The van der Waals surface area contributed by atoms with Gasteiger partial charge in [-0.25, -0.2) is 4.99 Å². The maximum atomic E-state index is 10.4. The number of nitrogens with zero attached hydrogens (tertiary/aromatic N) is 1. The van der Waals surface area contributed by atoms with E-state index in [-0.39, 0.29) is 5.78 Å². The van der Waals surface area contributed by atoms with E-state index < -0.39 is 0 Å². The minimum absolute atomic E-state index is 0.0816. The summed E-state index contributed by atoms with van der Waals surface area (Å²) in [6.07, 6.45) is 1.30. The van der Waals surface area contributed by atoms with Crippen LogP contribution < -0.4 is 0 Å². The Hall–Kier alpha value is -0.990. The van der Waals surface area contributed by atoms with Gasteiger partial charge < -0.3 is 0 Å². The maximum Gasteiger partial charge on any atom is 0.135 e. The molecule has 9 heavy (non-hydrogen) atoms. The van der Waals surface area contributed by atoms with E-state index in [2.05, 4.69) is 4.99 Å². The monoisotopic (exact) mass is 126 g/mol. The van der Waals surface area contributed by atoms with Gasteiger partial charge in [0.05, 0.1) is 0 Å². The van der Waals surface area contributed by atoms with Gasteiger partial charge in [-0.3, -0.25) is 10.2 Å². The van der Waals surface area contributed by atoms with Gasteiger partial charge in [0.25, 0.3) is 0 Å². The third kappa shape index (κ3) is 4.87. The third-order valence-corrected chi connectivity index (χ3v) is 0.790. The SMILES string of the molecule is CC(=O)CC(C)=NC=N. The van der Waals surface area contributed by atoms with Crippen LogP contribution in [0.3, 0.4) is 0 Å². The van der Waals surface area contributed by atoms with Crippen molar-refractivity contribution in [3.05, 3.63) is 0 Å². The fourth-order valence-electron chi connectivity index (χ4n) is 0.516. The first kappa shape index (κ1) is 8.01. The molecule has 0 amide bonds. The van der Waals surface area contributed by atoms with Gasteiger partial charge >= 0.3 is 0 Å². The number of ketones is 1. The summed E-state index contributed by atoms with van der Waals surface area (Å²) in [5.41, 5.74) is 0.692. The highest BCUT2D eigenvalue weighted by molar-refractivity contribution is 6.01. The van der Waals surface area contributed by atoms with Gasteiger partial charge in [-0.05, 0) is 13.8 Å². The molecule has 3 heteroatoms. The van der Waals surface area contributed by atoms with Gasteiger partial charge in [-0.1, -0.05) is 0 Å². The molecule has 0 rings (SSSR count). The van der Waals surface area contributed by atoms with Crippen molar-refractivity contribution in [2.24, 2.45) is 4.99 Å². The molecule has 0 aliphatic heterocycles. The summed E-state index contributed by atoms with van der Waals surface area (Å²) in [5, 5.41) is 6.55. The molecular formula is C6H10N2O. The van der Waals surface area contributed by atoms with Crippen molar-refractivity contribution >= 4 is 17.8 Å². The fourth-order valence-corrected chi connectivity index (χ4v) is 0.516. The largest absolute Gasteiger partial charge is 0.300 e. The van der Waals surface area contributed by atoms with E-state index in [1.54, 1.807) is 6.92 Å². The number of Topliss-reactive ketones (excluding diaryl/α,β-unsaturated/α-hetero) is 1. The van der Waals surface area contributed by atoms with Gasteiger partial charge in [0.15, 0.2) is 0 Å². The average Bonchev–Trinajstić information content (AvgIpc) is 1.63. The smallest absolute Gasteiger partial charge is 0.135 e. The lowest BCUT2D eigenvalue weighted by molar-refractivity contribution is -0.115. The standard InChI is InChI=1S/C6H10N2O/c1-5(8-4-7)3-6(2)9/h4,7H,3H2,1-2H3. The van der Waals surface area contributed by atoms with Crippen molar-refractivity contribution < 1.29 is 4.79 Å².